The molecule has 4 nitrogen and oxygen atoms in total. The van der Waals surface area contributed by atoms with Gasteiger partial charge in [-0.2, -0.15) is 0 Å². The van der Waals surface area contributed by atoms with Gasteiger partial charge >= 0.3 is 11.9 Å². The smallest absolute Gasteiger partial charge is 0.313 e. The standard InChI is InChI=1S/C12H18O4/c1-3-7-15-11(13)9-5-6-10(9)12(14)16-8-4-2/h5-6,9-10H,3-4,7-8H2,1-2H3/t9-,10+. The summed E-state index contributed by atoms with van der Waals surface area (Å²) in [5, 5.41) is 0. The van der Waals surface area contributed by atoms with E-state index in [1.54, 1.807) is 12.2 Å². The summed E-state index contributed by atoms with van der Waals surface area (Å²) >= 11 is 0. The molecule has 0 bridgehead atoms. The minimum atomic E-state index is -0.448. The quantitative estimate of drug-likeness (QED) is 0.511. The van der Waals surface area contributed by atoms with Crippen molar-refractivity contribution in [2.24, 2.45) is 11.8 Å². The van der Waals surface area contributed by atoms with Crippen LogP contribution in [0.3, 0.4) is 0 Å². The van der Waals surface area contributed by atoms with Gasteiger partial charge in [-0.25, -0.2) is 0 Å². The molecular weight excluding hydrogens is 208 g/mol. The first-order valence-electron chi connectivity index (χ1n) is 5.72. The highest BCUT2D eigenvalue weighted by molar-refractivity contribution is 5.87. The normalized spacial score (nSPS) is 22.4. The summed E-state index contributed by atoms with van der Waals surface area (Å²) in [6.45, 7) is 4.66. The Kier molecular flexibility index (Phi) is 5.02. The highest BCUT2D eigenvalue weighted by Crippen LogP contribution is 2.28. The summed E-state index contributed by atoms with van der Waals surface area (Å²) in [5.74, 6) is -1.56. The third-order valence-electron chi connectivity index (χ3n) is 2.35. The molecule has 90 valence electrons. The van der Waals surface area contributed by atoms with E-state index in [9.17, 15) is 9.59 Å². The van der Waals surface area contributed by atoms with E-state index in [-0.39, 0.29) is 11.9 Å². The largest absolute Gasteiger partial charge is 0.465 e. The highest BCUT2D eigenvalue weighted by Gasteiger charge is 2.38. The molecular formula is C12H18O4. The second-order valence-electron chi connectivity index (χ2n) is 3.77. The molecule has 2 atom stereocenters. The molecule has 0 unspecified atom stereocenters. The third-order valence-corrected chi connectivity index (χ3v) is 2.35. The lowest BCUT2D eigenvalue weighted by Gasteiger charge is -2.25. The first-order valence-corrected chi connectivity index (χ1v) is 5.72. The monoisotopic (exact) mass is 226 g/mol. The molecule has 0 fully saturated rings. The van der Waals surface area contributed by atoms with Gasteiger partial charge in [-0.05, 0) is 12.8 Å². The van der Waals surface area contributed by atoms with Gasteiger partial charge in [-0.3, -0.25) is 9.59 Å². The molecule has 0 aliphatic heterocycles. The van der Waals surface area contributed by atoms with Gasteiger partial charge in [-0.1, -0.05) is 26.0 Å². The second-order valence-corrected chi connectivity index (χ2v) is 3.77. The Bertz CT molecular complexity index is 255. The van der Waals surface area contributed by atoms with E-state index in [1.165, 1.54) is 0 Å². The third kappa shape index (κ3) is 3.08. The maximum atomic E-state index is 11.5. The van der Waals surface area contributed by atoms with Gasteiger partial charge in [0.25, 0.3) is 0 Å². The number of rotatable bonds is 6. The van der Waals surface area contributed by atoms with E-state index in [0.29, 0.717) is 13.2 Å². The van der Waals surface area contributed by atoms with E-state index in [2.05, 4.69) is 0 Å². The van der Waals surface area contributed by atoms with E-state index in [4.69, 9.17) is 9.47 Å². The zero-order valence-corrected chi connectivity index (χ0v) is 9.77. The second kappa shape index (κ2) is 6.30. The van der Waals surface area contributed by atoms with E-state index >= 15 is 0 Å². The van der Waals surface area contributed by atoms with Crippen LogP contribution in [0.4, 0.5) is 0 Å². The van der Waals surface area contributed by atoms with Crippen molar-refractivity contribution < 1.29 is 19.1 Å². The van der Waals surface area contributed by atoms with Gasteiger partial charge in [0.2, 0.25) is 0 Å². The number of esters is 2. The van der Waals surface area contributed by atoms with E-state index in [0.717, 1.165) is 12.8 Å². The summed E-state index contributed by atoms with van der Waals surface area (Å²) in [7, 11) is 0. The molecule has 0 heterocycles. The Labute approximate surface area is 95.6 Å². The lowest BCUT2D eigenvalue weighted by molar-refractivity contribution is -0.158. The topological polar surface area (TPSA) is 52.6 Å². The van der Waals surface area contributed by atoms with E-state index < -0.39 is 11.8 Å². The Balaban J connectivity index is 2.38. The minimum absolute atomic E-state index is 0.331. The van der Waals surface area contributed by atoms with Crippen molar-refractivity contribution in [1.82, 2.24) is 0 Å². The van der Waals surface area contributed by atoms with Crippen LogP contribution in [0.2, 0.25) is 0 Å². The Hall–Kier alpha value is -1.32. The number of carbonyl (C=O) groups is 2. The molecule has 0 spiro atoms. The van der Waals surface area contributed by atoms with Crippen molar-refractivity contribution in [2.45, 2.75) is 26.7 Å². The van der Waals surface area contributed by atoms with Gasteiger partial charge in [0.05, 0.1) is 25.0 Å². The minimum Gasteiger partial charge on any atom is -0.465 e. The van der Waals surface area contributed by atoms with Crippen molar-refractivity contribution in [3.8, 4) is 0 Å². The molecule has 0 saturated carbocycles. The number of hydrogen-bond acceptors (Lipinski definition) is 4. The molecule has 0 saturated heterocycles. The van der Waals surface area contributed by atoms with Crippen LogP contribution in [-0.2, 0) is 19.1 Å². The molecule has 4 heteroatoms. The predicted octanol–water partition coefficient (Wildman–Crippen LogP) is 1.70. The average molecular weight is 226 g/mol. The van der Waals surface area contributed by atoms with Gasteiger partial charge < -0.3 is 9.47 Å². The molecule has 0 aromatic heterocycles. The van der Waals surface area contributed by atoms with Crippen LogP contribution in [0.5, 0.6) is 0 Å². The summed E-state index contributed by atoms with van der Waals surface area (Å²) in [5.41, 5.74) is 0. The first-order chi connectivity index (χ1) is 7.70. The van der Waals surface area contributed by atoms with Gasteiger partial charge in [0.15, 0.2) is 0 Å². The van der Waals surface area contributed by atoms with Crippen molar-refractivity contribution in [2.75, 3.05) is 13.2 Å². The van der Waals surface area contributed by atoms with Crippen LogP contribution in [0.25, 0.3) is 0 Å². The maximum absolute atomic E-state index is 11.5. The maximum Gasteiger partial charge on any atom is 0.313 e. The van der Waals surface area contributed by atoms with Crippen molar-refractivity contribution in [1.29, 1.82) is 0 Å². The van der Waals surface area contributed by atoms with Gasteiger partial charge in [-0.15, -0.1) is 0 Å². The molecule has 1 aliphatic carbocycles. The van der Waals surface area contributed by atoms with Crippen molar-refractivity contribution >= 4 is 11.9 Å². The van der Waals surface area contributed by atoms with Crippen molar-refractivity contribution in [3.63, 3.8) is 0 Å². The Morgan fingerprint density at radius 3 is 1.56 bits per heavy atom. The van der Waals surface area contributed by atoms with Crippen LogP contribution >= 0.6 is 0 Å². The van der Waals surface area contributed by atoms with E-state index in [1.807, 2.05) is 13.8 Å². The number of hydrogen-bond donors (Lipinski definition) is 0. The molecule has 16 heavy (non-hydrogen) atoms. The lowest BCUT2D eigenvalue weighted by Crippen LogP contribution is -2.35. The Morgan fingerprint density at radius 1 is 0.938 bits per heavy atom. The highest BCUT2D eigenvalue weighted by atomic mass is 16.5. The molecule has 0 radical (unpaired) electrons. The fourth-order valence-electron chi connectivity index (χ4n) is 1.38. The number of ether oxygens (including phenoxy) is 2. The zero-order chi connectivity index (χ0) is 12.0. The van der Waals surface area contributed by atoms with Crippen molar-refractivity contribution in [3.05, 3.63) is 12.2 Å². The number of carbonyl (C=O) groups excluding carboxylic acids is 2. The van der Waals surface area contributed by atoms with Gasteiger partial charge in [0.1, 0.15) is 0 Å². The SMILES string of the molecule is CCCOC(=O)[C@H]1C=C[C@H]1C(=O)OCCC. The molecule has 1 rings (SSSR count). The van der Waals surface area contributed by atoms with Crippen LogP contribution < -0.4 is 0 Å². The fraction of sp³-hybridized carbons (Fsp3) is 0.667. The van der Waals surface area contributed by atoms with Crippen LogP contribution in [0, 0.1) is 11.8 Å². The lowest BCUT2D eigenvalue weighted by atomic mass is 9.82. The summed E-state index contributed by atoms with van der Waals surface area (Å²) in [6.07, 6.45) is 4.95. The summed E-state index contributed by atoms with van der Waals surface area (Å²) < 4.78 is 9.96. The van der Waals surface area contributed by atoms with Crippen LogP contribution in [0.1, 0.15) is 26.7 Å². The fourth-order valence-corrected chi connectivity index (χ4v) is 1.38. The molecule has 0 aromatic carbocycles. The molecule has 0 aromatic rings. The molecule has 0 amide bonds. The Morgan fingerprint density at radius 2 is 1.31 bits per heavy atom. The van der Waals surface area contributed by atoms with Crippen LogP contribution in [-0.4, -0.2) is 25.2 Å². The first kappa shape index (κ1) is 12.7. The predicted molar refractivity (Wildman–Crippen MR) is 58.6 cm³/mol. The molecule has 0 N–H and O–H groups in total. The van der Waals surface area contributed by atoms with Crippen LogP contribution in [0.15, 0.2) is 12.2 Å². The summed E-state index contributed by atoms with van der Waals surface area (Å²) in [4.78, 5) is 23.0. The zero-order valence-electron chi connectivity index (χ0n) is 9.77. The molecule has 1 aliphatic rings. The summed E-state index contributed by atoms with van der Waals surface area (Å²) in [6, 6.07) is 0. The average Bonchev–Trinajstić information content (AvgIpc) is 2.21. The van der Waals surface area contributed by atoms with Gasteiger partial charge in [0, 0.05) is 0 Å².